The fourth-order valence-electron chi connectivity index (χ4n) is 2.10. The zero-order valence-corrected chi connectivity index (χ0v) is 13.7. The summed E-state index contributed by atoms with van der Waals surface area (Å²) in [5.41, 5.74) is -1.71. The largest absolute Gasteiger partial charge is 0.480 e. The number of benzene rings is 1. The number of anilines is 1. The average Bonchev–Trinajstić information content (AvgIpc) is 2.49. The first-order chi connectivity index (χ1) is 11.5. The van der Waals surface area contributed by atoms with Crippen molar-refractivity contribution in [2.75, 3.05) is 5.32 Å². The summed E-state index contributed by atoms with van der Waals surface area (Å²) in [7, 11) is 0. The van der Waals surface area contributed by atoms with Gasteiger partial charge in [-0.15, -0.1) is 0 Å². The Bertz CT molecular complexity index is 659. The van der Waals surface area contributed by atoms with Gasteiger partial charge < -0.3 is 15.7 Å². The molecule has 0 radical (unpaired) electrons. The van der Waals surface area contributed by atoms with Crippen LogP contribution >= 0.6 is 0 Å². The van der Waals surface area contributed by atoms with Gasteiger partial charge in [-0.05, 0) is 24.6 Å². The zero-order valence-electron chi connectivity index (χ0n) is 13.7. The van der Waals surface area contributed by atoms with Crippen molar-refractivity contribution in [3.8, 4) is 0 Å². The maximum absolute atomic E-state index is 13.0. The Labute approximate surface area is 142 Å². The fourth-order valence-corrected chi connectivity index (χ4v) is 2.10. The highest BCUT2D eigenvalue weighted by Gasteiger charge is 2.32. The number of carbonyl (C=O) groups excluding carboxylic acids is 2. The number of unbranched alkanes of at least 4 members (excludes halogenated alkanes) is 1. The minimum absolute atomic E-state index is 0.162. The lowest BCUT2D eigenvalue weighted by molar-refractivity contribution is -0.139. The van der Waals surface area contributed by atoms with E-state index in [9.17, 15) is 27.6 Å². The second-order valence-corrected chi connectivity index (χ2v) is 5.48. The lowest BCUT2D eigenvalue weighted by Gasteiger charge is -2.16. The van der Waals surface area contributed by atoms with Crippen molar-refractivity contribution in [1.82, 2.24) is 5.32 Å². The van der Waals surface area contributed by atoms with Crippen LogP contribution < -0.4 is 10.6 Å². The molecule has 0 spiro atoms. The molecule has 1 atom stereocenters. The molecular weight excluding hydrogens is 341 g/mol. The molecule has 138 valence electrons. The van der Waals surface area contributed by atoms with E-state index in [0.717, 1.165) is 13.0 Å². The van der Waals surface area contributed by atoms with Crippen LogP contribution in [0.25, 0.3) is 0 Å². The molecule has 1 aromatic carbocycles. The van der Waals surface area contributed by atoms with Crippen molar-refractivity contribution >= 4 is 23.5 Å². The fraction of sp³-hybridized carbons (Fsp3) is 0.438. The third kappa shape index (κ3) is 6.44. The average molecular weight is 360 g/mol. The summed E-state index contributed by atoms with van der Waals surface area (Å²) in [6.45, 7) is 2.96. The lowest BCUT2D eigenvalue weighted by atomic mass is 10.1. The Morgan fingerprint density at radius 3 is 2.32 bits per heavy atom. The van der Waals surface area contributed by atoms with Crippen LogP contribution in [0.3, 0.4) is 0 Å². The first kappa shape index (κ1) is 20.5. The molecule has 0 heterocycles. The molecule has 0 saturated heterocycles. The first-order valence-electron chi connectivity index (χ1n) is 7.58. The summed E-state index contributed by atoms with van der Waals surface area (Å²) in [6.07, 6.45) is -3.32. The van der Waals surface area contributed by atoms with Crippen molar-refractivity contribution in [1.29, 1.82) is 0 Å². The Balaban J connectivity index is 3.14. The molecule has 0 bridgehead atoms. The van der Waals surface area contributed by atoms with Gasteiger partial charge in [0.2, 0.25) is 5.91 Å². The second kappa shape index (κ2) is 8.50. The number of carbonyl (C=O) groups is 3. The molecule has 1 rings (SSSR count). The zero-order chi connectivity index (χ0) is 19.2. The van der Waals surface area contributed by atoms with Gasteiger partial charge in [0, 0.05) is 18.2 Å². The van der Waals surface area contributed by atoms with Crippen LogP contribution in [0.15, 0.2) is 18.2 Å². The maximum Gasteiger partial charge on any atom is 0.416 e. The molecule has 3 N–H and O–H groups in total. The van der Waals surface area contributed by atoms with Gasteiger partial charge in [-0.1, -0.05) is 19.8 Å². The van der Waals surface area contributed by atoms with Crippen molar-refractivity contribution in [3.63, 3.8) is 0 Å². The highest BCUT2D eigenvalue weighted by Crippen LogP contribution is 2.32. The van der Waals surface area contributed by atoms with E-state index in [-0.39, 0.29) is 17.7 Å². The molecule has 2 amide bonds. The number of carboxylic acids is 1. The Hall–Kier alpha value is -2.58. The van der Waals surface area contributed by atoms with E-state index in [1.165, 1.54) is 0 Å². The molecule has 9 heteroatoms. The summed E-state index contributed by atoms with van der Waals surface area (Å²) >= 11 is 0. The van der Waals surface area contributed by atoms with E-state index in [4.69, 9.17) is 5.11 Å². The third-order valence-corrected chi connectivity index (χ3v) is 3.29. The standard InChI is InChI=1S/C16H19F3N2O4/c1-3-4-5-13(15(24)25)21-14(23)10-6-11(16(17,18)19)8-12(7-10)20-9(2)22/h6-8,13H,3-5H2,1-2H3,(H,20,22)(H,21,23)(H,24,25)/t13-/m0/s1. The van der Waals surface area contributed by atoms with Crippen LogP contribution in [0.2, 0.25) is 0 Å². The van der Waals surface area contributed by atoms with Crippen molar-refractivity contribution < 1.29 is 32.7 Å². The van der Waals surface area contributed by atoms with E-state index >= 15 is 0 Å². The topological polar surface area (TPSA) is 95.5 Å². The van der Waals surface area contributed by atoms with Gasteiger partial charge in [-0.25, -0.2) is 4.79 Å². The molecule has 0 fully saturated rings. The van der Waals surface area contributed by atoms with Crippen LogP contribution in [0.5, 0.6) is 0 Å². The Morgan fingerprint density at radius 1 is 1.20 bits per heavy atom. The molecular formula is C16H19F3N2O4. The van der Waals surface area contributed by atoms with Gasteiger partial charge >= 0.3 is 12.1 Å². The molecule has 0 aliphatic carbocycles. The predicted octanol–water partition coefficient (Wildman–Crippen LogP) is 3.04. The third-order valence-electron chi connectivity index (χ3n) is 3.29. The van der Waals surface area contributed by atoms with Crippen molar-refractivity contribution in [2.24, 2.45) is 0 Å². The molecule has 0 saturated carbocycles. The van der Waals surface area contributed by atoms with E-state index in [1.54, 1.807) is 0 Å². The second-order valence-electron chi connectivity index (χ2n) is 5.48. The number of hydrogen-bond donors (Lipinski definition) is 3. The number of carboxylic acid groups (broad SMARTS) is 1. The minimum atomic E-state index is -4.72. The van der Waals surface area contributed by atoms with Crippen molar-refractivity contribution in [3.05, 3.63) is 29.3 Å². The van der Waals surface area contributed by atoms with Crippen molar-refractivity contribution in [2.45, 2.75) is 45.3 Å². The number of rotatable bonds is 7. The van der Waals surface area contributed by atoms with Crippen LogP contribution in [-0.2, 0) is 15.8 Å². The highest BCUT2D eigenvalue weighted by molar-refractivity contribution is 5.98. The van der Waals surface area contributed by atoms with E-state index in [2.05, 4.69) is 10.6 Å². The predicted molar refractivity (Wildman–Crippen MR) is 84.2 cm³/mol. The minimum Gasteiger partial charge on any atom is -0.480 e. The number of nitrogens with one attached hydrogen (secondary N) is 2. The molecule has 6 nitrogen and oxygen atoms in total. The molecule has 1 aromatic rings. The van der Waals surface area contributed by atoms with Crippen LogP contribution in [0, 0.1) is 0 Å². The Kier molecular flexibility index (Phi) is 6.96. The number of amides is 2. The van der Waals surface area contributed by atoms with Gasteiger partial charge in [-0.2, -0.15) is 13.2 Å². The van der Waals surface area contributed by atoms with Gasteiger partial charge in [0.05, 0.1) is 5.56 Å². The number of alkyl halides is 3. The van der Waals surface area contributed by atoms with Crippen LogP contribution in [-0.4, -0.2) is 28.9 Å². The summed E-state index contributed by atoms with van der Waals surface area (Å²) in [6, 6.07) is 1.17. The van der Waals surface area contributed by atoms with E-state index in [0.29, 0.717) is 25.0 Å². The summed E-state index contributed by atoms with van der Waals surface area (Å²) in [5, 5.41) is 13.5. The molecule has 0 aliphatic heterocycles. The molecule has 25 heavy (non-hydrogen) atoms. The quantitative estimate of drug-likeness (QED) is 0.696. The highest BCUT2D eigenvalue weighted by atomic mass is 19.4. The monoisotopic (exact) mass is 360 g/mol. The summed E-state index contributed by atoms with van der Waals surface area (Å²) in [4.78, 5) is 34.4. The van der Waals surface area contributed by atoms with Gasteiger partial charge in [0.15, 0.2) is 0 Å². The lowest BCUT2D eigenvalue weighted by Crippen LogP contribution is -2.40. The SMILES string of the molecule is CCCC[C@H](NC(=O)c1cc(NC(C)=O)cc(C(F)(F)F)c1)C(=O)O. The molecule has 0 aromatic heterocycles. The smallest absolute Gasteiger partial charge is 0.416 e. The maximum atomic E-state index is 13.0. The number of halogens is 3. The Morgan fingerprint density at radius 2 is 1.84 bits per heavy atom. The normalized spacial score (nSPS) is 12.4. The van der Waals surface area contributed by atoms with Gasteiger partial charge in [0.25, 0.3) is 5.91 Å². The summed E-state index contributed by atoms with van der Waals surface area (Å²) < 4.78 is 38.9. The van der Waals surface area contributed by atoms with E-state index < -0.39 is 35.6 Å². The van der Waals surface area contributed by atoms with Crippen LogP contribution in [0.1, 0.15) is 49.0 Å². The van der Waals surface area contributed by atoms with E-state index in [1.807, 2.05) is 6.92 Å². The molecule has 0 unspecified atom stereocenters. The number of hydrogen-bond acceptors (Lipinski definition) is 3. The van der Waals surface area contributed by atoms with Gasteiger partial charge in [0.1, 0.15) is 6.04 Å². The number of aliphatic carboxylic acids is 1. The summed E-state index contributed by atoms with van der Waals surface area (Å²) in [5.74, 6) is -2.82. The first-order valence-corrected chi connectivity index (χ1v) is 7.58. The van der Waals surface area contributed by atoms with Crippen LogP contribution in [0.4, 0.5) is 18.9 Å². The van der Waals surface area contributed by atoms with Gasteiger partial charge in [-0.3, -0.25) is 9.59 Å². The molecule has 0 aliphatic rings.